The molecule has 3 heteroatoms. The second kappa shape index (κ2) is 5.89. The van der Waals surface area contributed by atoms with E-state index in [1.165, 1.54) is 0 Å². The molecule has 0 saturated carbocycles. The molecule has 18 heavy (non-hydrogen) atoms. The van der Waals surface area contributed by atoms with Crippen molar-refractivity contribution in [3.05, 3.63) is 64.7 Å². The number of aromatic hydroxyl groups is 1. The van der Waals surface area contributed by atoms with E-state index in [2.05, 4.69) is 12.2 Å². The van der Waals surface area contributed by atoms with Crippen LogP contribution in [0.4, 0.5) is 0 Å². The fourth-order valence-electron chi connectivity index (χ4n) is 1.82. The third kappa shape index (κ3) is 3.25. The van der Waals surface area contributed by atoms with Crippen LogP contribution in [-0.2, 0) is 6.54 Å². The molecule has 1 atom stereocenters. The zero-order chi connectivity index (χ0) is 13.0. The molecule has 1 unspecified atom stereocenters. The Balaban J connectivity index is 2.00. The van der Waals surface area contributed by atoms with Crippen LogP contribution < -0.4 is 5.32 Å². The first-order valence-electron chi connectivity index (χ1n) is 5.92. The quantitative estimate of drug-likeness (QED) is 0.875. The van der Waals surface area contributed by atoms with E-state index in [0.717, 1.165) is 16.1 Å². The predicted octanol–water partition coefficient (Wildman–Crippen LogP) is 3.90. The molecule has 0 heterocycles. The minimum atomic E-state index is 0.184. The maximum Gasteiger partial charge on any atom is 0.120 e. The van der Waals surface area contributed by atoms with E-state index in [0.29, 0.717) is 12.3 Å². The standard InChI is InChI=1S/C15H16ClNO/c1-11(12-6-4-7-14(16)9-12)17-10-13-5-2-3-8-15(13)18/h2-9,11,17-18H,10H2,1H3. The molecule has 2 aromatic carbocycles. The van der Waals surface area contributed by atoms with Gasteiger partial charge in [-0.3, -0.25) is 0 Å². The van der Waals surface area contributed by atoms with Crippen molar-refractivity contribution in [2.24, 2.45) is 0 Å². The van der Waals surface area contributed by atoms with Crippen LogP contribution in [0.1, 0.15) is 24.1 Å². The van der Waals surface area contributed by atoms with E-state index >= 15 is 0 Å². The molecule has 2 nitrogen and oxygen atoms in total. The van der Waals surface area contributed by atoms with Crippen molar-refractivity contribution >= 4 is 11.6 Å². The van der Waals surface area contributed by atoms with Gasteiger partial charge in [0.05, 0.1) is 0 Å². The first kappa shape index (κ1) is 12.9. The van der Waals surface area contributed by atoms with Crippen LogP contribution in [0.5, 0.6) is 5.75 Å². The van der Waals surface area contributed by atoms with Gasteiger partial charge in [-0.05, 0) is 30.7 Å². The molecule has 2 aromatic rings. The van der Waals surface area contributed by atoms with E-state index in [1.54, 1.807) is 6.07 Å². The first-order chi connectivity index (χ1) is 8.66. The Morgan fingerprint density at radius 1 is 1.17 bits per heavy atom. The summed E-state index contributed by atoms with van der Waals surface area (Å²) in [5, 5.41) is 13.8. The number of phenolic OH excluding ortho intramolecular Hbond substituents is 1. The molecule has 0 fully saturated rings. The molecule has 0 radical (unpaired) electrons. The molecule has 0 aromatic heterocycles. The van der Waals surface area contributed by atoms with Gasteiger partial charge in [0.2, 0.25) is 0 Å². The van der Waals surface area contributed by atoms with E-state index in [4.69, 9.17) is 11.6 Å². The maximum atomic E-state index is 9.68. The molecular weight excluding hydrogens is 246 g/mol. The molecule has 0 amide bonds. The van der Waals surface area contributed by atoms with Gasteiger partial charge < -0.3 is 10.4 Å². The molecule has 0 aliphatic carbocycles. The smallest absolute Gasteiger partial charge is 0.120 e. The zero-order valence-electron chi connectivity index (χ0n) is 10.2. The zero-order valence-corrected chi connectivity index (χ0v) is 11.0. The van der Waals surface area contributed by atoms with Gasteiger partial charge in [-0.1, -0.05) is 41.9 Å². The van der Waals surface area contributed by atoms with Crippen LogP contribution in [0.15, 0.2) is 48.5 Å². The van der Waals surface area contributed by atoms with Gasteiger partial charge >= 0.3 is 0 Å². The van der Waals surface area contributed by atoms with Crippen molar-refractivity contribution < 1.29 is 5.11 Å². The Labute approximate surface area is 112 Å². The molecule has 0 spiro atoms. The van der Waals surface area contributed by atoms with Gasteiger partial charge in [-0.25, -0.2) is 0 Å². The monoisotopic (exact) mass is 261 g/mol. The van der Waals surface area contributed by atoms with Crippen molar-refractivity contribution in [3.63, 3.8) is 0 Å². The summed E-state index contributed by atoms with van der Waals surface area (Å²) in [6.07, 6.45) is 0. The lowest BCUT2D eigenvalue weighted by Crippen LogP contribution is -2.18. The van der Waals surface area contributed by atoms with Gasteiger partial charge in [-0.15, -0.1) is 0 Å². The summed E-state index contributed by atoms with van der Waals surface area (Å²) in [5.41, 5.74) is 2.03. The number of nitrogens with one attached hydrogen (secondary N) is 1. The Morgan fingerprint density at radius 3 is 2.67 bits per heavy atom. The van der Waals surface area contributed by atoms with Crippen molar-refractivity contribution in [1.82, 2.24) is 5.32 Å². The summed E-state index contributed by atoms with van der Waals surface area (Å²) in [4.78, 5) is 0. The highest BCUT2D eigenvalue weighted by molar-refractivity contribution is 6.30. The average Bonchev–Trinajstić information content (AvgIpc) is 2.37. The van der Waals surface area contributed by atoms with Crippen LogP contribution in [-0.4, -0.2) is 5.11 Å². The van der Waals surface area contributed by atoms with Gasteiger partial charge in [0.1, 0.15) is 5.75 Å². The minimum absolute atomic E-state index is 0.184. The summed E-state index contributed by atoms with van der Waals surface area (Å²) in [6, 6.07) is 15.3. The molecular formula is C15H16ClNO. The highest BCUT2D eigenvalue weighted by atomic mass is 35.5. The number of para-hydroxylation sites is 1. The molecule has 94 valence electrons. The van der Waals surface area contributed by atoms with Gasteiger partial charge in [0, 0.05) is 23.2 Å². The number of rotatable bonds is 4. The Bertz CT molecular complexity index is 527. The molecule has 2 N–H and O–H groups in total. The van der Waals surface area contributed by atoms with E-state index in [-0.39, 0.29) is 6.04 Å². The number of halogens is 1. The Kier molecular flexibility index (Phi) is 4.24. The maximum absolute atomic E-state index is 9.68. The molecule has 0 bridgehead atoms. The van der Waals surface area contributed by atoms with Crippen LogP contribution in [0.3, 0.4) is 0 Å². The SMILES string of the molecule is CC(NCc1ccccc1O)c1cccc(Cl)c1. The molecule has 0 aliphatic rings. The summed E-state index contributed by atoms with van der Waals surface area (Å²) in [7, 11) is 0. The molecule has 0 aliphatic heterocycles. The highest BCUT2D eigenvalue weighted by Crippen LogP contribution is 2.20. The van der Waals surface area contributed by atoms with Gasteiger partial charge in [0.15, 0.2) is 0 Å². The van der Waals surface area contributed by atoms with Crippen molar-refractivity contribution in [2.75, 3.05) is 0 Å². The Morgan fingerprint density at radius 2 is 1.94 bits per heavy atom. The van der Waals surface area contributed by atoms with Gasteiger partial charge in [0.25, 0.3) is 0 Å². The lowest BCUT2D eigenvalue weighted by molar-refractivity contribution is 0.460. The van der Waals surface area contributed by atoms with Crippen LogP contribution in [0.25, 0.3) is 0 Å². The highest BCUT2D eigenvalue weighted by Gasteiger charge is 2.06. The number of benzene rings is 2. The third-order valence-electron chi connectivity index (χ3n) is 2.94. The lowest BCUT2D eigenvalue weighted by atomic mass is 10.1. The summed E-state index contributed by atoms with van der Waals surface area (Å²) in [5.74, 6) is 0.322. The van der Waals surface area contributed by atoms with E-state index < -0.39 is 0 Å². The molecule has 0 saturated heterocycles. The van der Waals surface area contributed by atoms with Crippen LogP contribution in [0.2, 0.25) is 5.02 Å². The fourth-order valence-corrected chi connectivity index (χ4v) is 2.02. The topological polar surface area (TPSA) is 32.3 Å². The third-order valence-corrected chi connectivity index (χ3v) is 3.17. The number of hydrogen-bond donors (Lipinski definition) is 2. The summed E-state index contributed by atoms with van der Waals surface area (Å²) in [6.45, 7) is 2.70. The number of phenols is 1. The largest absolute Gasteiger partial charge is 0.508 e. The molecule has 2 rings (SSSR count). The summed E-state index contributed by atoms with van der Waals surface area (Å²) < 4.78 is 0. The van der Waals surface area contributed by atoms with E-state index in [1.807, 2.05) is 42.5 Å². The lowest BCUT2D eigenvalue weighted by Gasteiger charge is -2.15. The van der Waals surface area contributed by atoms with E-state index in [9.17, 15) is 5.11 Å². The van der Waals surface area contributed by atoms with Crippen molar-refractivity contribution in [2.45, 2.75) is 19.5 Å². The second-order valence-corrected chi connectivity index (χ2v) is 4.72. The van der Waals surface area contributed by atoms with Crippen molar-refractivity contribution in [1.29, 1.82) is 0 Å². The second-order valence-electron chi connectivity index (χ2n) is 4.29. The Hall–Kier alpha value is -1.51. The van der Waals surface area contributed by atoms with Crippen LogP contribution in [0, 0.1) is 0 Å². The predicted molar refractivity (Wildman–Crippen MR) is 74.8 cm³/mol. The minimum Gasteiger partial charge on any atom is -0.508 e. The van der Waals surface area contributed by atoms with Crippen LogP contribution >= 0.6 is 11.6 Å². The average molecular weight is 262 g/mol. The van der Waals surface area contributed by atoms with Crippen molar-refractivity contribution in [3.8, 4) is 5.75 Å². The van der Waals surface area contributed by atoms with Gasteiger partial charge in [-0.2, -0.15) is 0 Å². The summed E-state index contributed by atoms with van der Waals surface area (Å²) >= 11 is 5.96. The normalized spacial score (nSPS) is 12.3. The first-order valence-corrected chi connectivity index (χ1v) is 6.30. The fraction of sp³-hybridized carbons (Fsp3) is 0.200. The number of hydrogen-bond acceptors (Lipinski definition) is 2.